The molecule has 4 nitrogen and oxygen atoms in total. The number of anilines is 1. The summed E-state index contributed by atoms with van der Waals surface area (Å²) in [5, 5.41) is 2.49. The van der Waals surface area contributed by atoms with Gasteiger partial charge < -0.3 is 5.32 Å². The lowest BCUT2D eigenvalue weighted by molar-refractivity contribution is 0.102. The number of pyridine rings is 2. The molecule has 0 aliphatic rings. The molecule has 0 fully saturated rings. The first-order valence-electron chi connectivity index (χ1n) is 4.70. The smallest absolute Gasteiger partial charge is 0.259 e. The van der Waals surface area contributed by atoms with Crippen molar-refractivity contribution in [3.63, 3.8) is 0 Å². The fourth-order valence-corrected chi connectivity index (χ4v) is 1.56. The van der Waals surface area contributed by atoms with Crippen LogP contribution in [0.25, 0.3) is 0 Å². The summed E-state index contributed by atoms with van der Waals surface area (Å²) >= 11 is 3.18. The quantitative estimate of drug-likeness (QED) is 0.867. The van der Waals surface area contributed by atoms with Crippen molar-refractivity contribution in [2.24, 2.45) is 0 Å². The zero-order valence-corrected chi connectivity index (χ0v) is 10.1. The van der Waals surface area contributed by atoms with Crippen molar-refractivity contribution in [2.75, 3.05) is 5.32 Å². The van der Waals surface area contributed by atoms with Crippen LogP contribution in [-0.2, 0) is 0 Å². The summed E-state index contributed by atoms with van der Waals surface area (Å²) < 4.78 is 13.9. The lowest BCUT2D eigenvalue weighted by Crippen LogP contribution is -2.14. The normalized spacial score (nSPS) is 10.0. The van der Waals surface area contributed by atoms with Crippen LogP contribution in [0, 0.1) is 5.82 Å². The number of amides is 1. The van der Waals surface area contributed by atoms with Crippen molar-refractivity contribution in [1.29, 1.82) is 0 Å². The van der Waals surface area contributed by atoms with E-state index < -0.39 is 11.7 Å². The van der Waals surface area contributed by atoms with E-state index in [-0.39, 0.29) is 5.56 Å². The van der Waals surface area contributed by atoms with Crippen LogP contribution >= 0.6 is 15.9 Å². The Bertz CT molecular complexity index is 562. The molecule has 0 saturated carbocycles. The molecular weight excluding hydrogens is 289 g/mol. The lowest BCUT2D eigenvalue weighted by atomic mass is 10.2. The molecule has 0 spiro atoms. The molecule has 0 unspecified atom stereocenters. The second-order valence-electron chi connectivity index (χ2n) is 3.16. The number of aromatic nitrogens is 2. The fourth-order valence-electron chi connectivity index (χ4n) is 1.22. The van der Waals surface area contributed by atoms with E-state index in [0.717, 1.165) is 6.20 Å². The Kier molecular flexibility index (Phi) is 3.43. The van der Waals surface area contributed by atoms with Gasteiger partial charge in [0.05, 0.1) is 11.8 Å². The molecule has 1 amide bonds. The molecule has 6 heteroatoms. The minimum Gasteiger partial charge on any atom is -0.306 e. The van der Waals surface area contributed by atoms with Gasteiger partial charge in [0, 0.05) is 6.20 Å². The Morgan fingerprint density at radius 3 is 2.88 bits per heavy atom. The summed E-state index contributed by atoms with van der Waals surface area (Å²) in [6.07, 6.45) is 2.34. The minimum absolute atomic E-state index is 0.0678. The Labute approximate surface area is 105 Å². The standard InChI is InChI=1S/C11H7BrFN3O/c12-9-2-1-3-10(15-9)16-11(17)7-4-5-14-6-8(7)13/h1-6H,(H,15,16,17). The predicted octanol–water partition coefficient (Wildman–Crippen LogP) is 2.63. The Morgan fingerprint density at radius 1 is 1.35 bits per heavy atom. The van der Waals surface area contributed by atoms with Crippen molar-refractivity contribution < 1.29 is 9.18 Å². The van der Waals surface area contributed by atoms with E-state index in [0.29, 0.717) is 10.4 Å². The summed E-state index contributed by atoms with van der Waals surface area (Å²) in [4.78, 5) is 19.3. The van der Waals surface area contributed by atoms with Gasteiger partial charge in [-0.15, -0.1) is 0 Å². The summed E-state index contributed by atoms with van der Waals surface area (Å²) in [7, 11) is 0. The molecule has 2 aromatic rings. The van der Waals surface area contributed by atoms with E-state index >= 15 is 0 Å². The van der Waals surface area contributed by atoms with Gasteiger partial charge in [-0.25, -0.2) is 9.37 Å². The van der Waals surface area contributed by atoms with Gasteiger partial charge >= 0.3 is 0 Å². The van der Waals surface area contributed by atoms with Gasteiger partial charge in [0.25, 0.3) is 5.91 Å². The molecular formula is C11H7BrFN3O. The zero-order valence-electron chi connectivity index (χ0n) is 8.52. The third-order valence-electron chi connectivity index (χ3n) is 1.97. The Hall–Kier alpha value is -1.82. The maximum atomic E-state index is 13.3. The molecule has 0 radical (unpaired) electrons. The fraction of sp³-hybridized carbons (Fsp3) is 0. The molecule has 2 heterocycles. The Morgan fingerprint density at radius 2 is 2.18 bits per heavy atom. The molecule has 86 valence electrons. The van der Waals surface area contributed by atoms with Crippen LogP contribution in [0.4, 0.5) is 10.2 Å². The zero-order chi connectivity index (χ0) is 12.3. The van der Waals surface area contributed by atoms with Crippen LogP contribution in [0.5, 0.6) is 0 Å². The highest BCUT2D eigenvalue weighted by Gasteiger charge is 2.11. The number of rotatable bonds is 2. The molecule has 1 N–H and O–H groups in total. The van der Waals surface area contributed by atoms with Crippen LogP contribution in [0.15, 0.2) is 41.3 Å². The molecule has 0 atom stereocenters. The summed E-state index contributed by atoms with van der Waals surface area (Å²) in [5.74, 6) is -0.879. The van der Waals surface area contributed by atoms with Crippen LogP contribution in [0.2, 0.25) is 0 Å². The highest BCUT2D eigenvalue weighted by atomic mass is 79.9. The number of hydrogen-bond acceptors (Lipinski definition) is 3. The number of nitrogens with one attached hydrogen (secondary N) is 1. The second-order valence-corrected chi connectivity index (χ2v) is 3.97. The molecule has 17 heavy (non-hydrogen) atoms. The highest BCUT2D eigenvalue weighted by molar-refractivity contribution is 9.10. The average molecular weight is 296 g/mol. The van der Waals surface area contributed by atoms with E-state index in [1.807, 2.05) is 0 Å². The van der Waals surface area contributed by atoms with E-state index in [4.69, 9.17) is 0 Å². The monoisotopic (exact) mass is 295 g/mol. The predicted molar refractivity (Wildman–Crippen MR) is 64.1 cm³/mol. The van der Waals surface area contributed by atoms with Crippen LogP contribution in [0.3, 0.4) is 0 Å². The van der Waals surface area contributed by atoms with Gasteiger partial charge in [0.15, 0.2) is 5.82 Å². The minimum atomic E-state index is -0.667. The van der Waals surface area contributed by atoms with Crippen LogP contribution < -0.4 is 5.32 Å². The van der Waals surface area contributed by atoms with Crippen molar-refractivity contribution in [2.45, 2.75) is 0 Å². The lowest BCUT2D eigenvalue weighted by Gasteiger charge is -2.04. The molecule has 2 aromatic heterocycles. The van der Waals surface area contributed by atoms with E-state index in [1.165, 1.54) is 12.3 Å². The third kappa shape index (κ3) is 2.85. The molecule has 0 bridgehead atoms. The summed E-state index contributed by atoms with van der Waals surface area (Å²) in [6.45, 7) is 0. The largest absolute Gasteiger partial charge is 0.306 e. The first kappa shape index (κ1) is 11.7. The van der Waals surface area contributed by atoms with E-state index in [2.05, 4.69) is 31.2 Å². The topological polar surface area (TPSA) is 54.9 Å². The molecule has 0 aliphatic carbocycles. The molecule has 0 saturated heterocycles. The third-order valence-corrected chi connectivity index (χ3v) is 2.42. The van der Waals surface area contributed by atoms with E-state index in [9.17, 15) is 9.18 Å². The highest BCUT2D eigenvalue weighted by Crippen LogP contribution is 2.12. The summed E-state index contributed by atoms with van der Waals surface area (Å²) in [5.41, 5.74) is -0.0678. The molecule has 2 rings (SSSR count). The van der Waals surface area contributed by atoms with Crippen LogP contribution in [0.1, 0.15) is 10.4 Å². The maximum Gasteiger partial charge on any atom is 0.259 e. The molecule has 0 aromatic carbocycles. The van der Waals surface area contributed by atoms with Gasteiger partial charge in [0.2, 0.25) is 0 Å². The first-order valence-corrected chi connectivity index (χ1v) is 5.49. The van der Waals surface area contributed by atoms with Gasteiger partial charge in [-0.05, 0) is 34.1 Å². The number of nitrogens with zero attached hydrogens (tertiary/aromatic N) is 2. The van der Waals surface area contributed by atoms with Gasteiger partial charge in [-0.2, -0.15) is 0 Å². The average Bonchev–Trinajstić information content (AvgIpc) is 2.29. The number of hydrogen-bond donors (Lipinski definition) is 1. The van der Waals surface area contributed by atoms with Crippen molar-refractivity contribution in [3.05, 3.63) is 52.6 Å². The van der Waals surface area contributed by atoms with Crippen molar-refractivity contribution >= 4 is 27.7 Å². The first-order chi connectivity index (χ1) is 8.16. The number of carbonyl (C=O) groups excluding carboxylic acids is 1. The molecule has 0 aliphatic heterocycles. The van der Waals surface area contributed by atoms with Gasteiger partial charge in [0.1, 0.15) is 10.4 Å². The van der Waals surface area contributed by atoms with Gasteiger partial charge in [-0.3, -0.25) is 9.78 Å². The second kappa shape index (κ2) is 5.01. The Balaban J connectivity index is 2.20. The van der Waals surface area contributed by atoms with Crippen molar-refractivity contribution in [3.8, 4) is 0 Å². The number of halogens is 2. The van der Waals surface area contributed by atoms with Gasteiger partial charge in [-0.1, -0.05) is 6.07 Å². The van der Waals surface area contributed by atoms with Crippen molar-refractivity contribution in [1.82, 2.24) is 9.97 Å². The number of carbonyl (C=O) groups is 1. The SMILES string of the molecule is O=C(Nc1cccc(Br)n1)c1ccncc1F. The van der Waals surface area contributed by atoms with E-state index in [1.54, 1.807) is 18.2 Å². The maximum absolute atomic E-state index is 13.3. The summed E-state index contributed by atoms with van der Waals surface area (Å²) in [6, 6.07) is 6.36. The van der Waals surface area contributed by atoms with Crippen LogP contribution in [-0.4, -0.2) is 15.9 Å².